The lowest BCUT2D eigenvalue weighted by Crippen LogP contribution is -1.82. The van der Waals surface area contributed by atoms with E-state index in [2.05, 4.69) is 23.9 Å². The quantitative estimate of drug-likeness (QED) is 0.381. The van der Waals surface area contributed by atoms with E-state index in [0.29, 0.717) is 11.7 Å². The molecule has 0 saturated heterocycles. The Balaban J connectivity index is 2.83. The topological polar surface area (TPSA) is 9.23 Å². The lowest BCUT2D eigenvalue weighted by Gasteiger charge is -2.08. The lowest BCUT2D eigenvalue weighted by atomic mass is 10.9. The molecule has 0 aliphatic rings. The Labute approximate surface area is 43.4 Å². The van der Waals surface area contributed by atoms with Gasteiger partial charge in [-0.1, -0.05) is 6.58 Å². The Bertz CT molecular complexity index is 51.5. The summed E-state index contributed by atoms with van der Waals surface area (Å²) in [5.74, 6) is 0. The van der Waals surface area contributed by atoms with E-state index in [-0.39, 0.29) is 0 Å². The second-order valence-electron chi connectivity index (χ2n) is 0.805. The summed E-state index contributed by atoms with van der Waals surface area (Å²) in [5.41, 5.74) is 0. The van der Waals surface area contributed by atoms with Gasteiger partial charge in [0.15, 0.2) is 0 Å². The molecule has 2 heteroatoms. The molecule has 6 heavy (non-hydrogen) atoms. The van der Waals surface area contributed by atoms with Crippen LogP contribution in [0.3, 0.4) is 0 Å². The van der Waals surface area contributed by atoms with Crippen LogP contribution in [-0.2, 0) is 17.4 Å². The van der Waals surface area contributed by atoms with Crippen molar-refractivity contribution < 1.29 is 4.74 Å². The van der Waals surface area contributed by atoms with Crippen molar-refractivity contribution >= 4 is 12.6 Å². The molecule has 0 bridgehead atoms. The highest BCUT2D eigenvalue weighted by atomic mass is 32.1. The van der Waals surface area contributed by atoms with Gasteiger partial charge in [-0.15, -0.1) is 0 Å². The molecule has 0 rings (SSSR count). The summed E-state index contributed by atoms with van der Waals surface area (Å²) in [6.45, 7) is 5.84. The van der Waals surface area contributed by atoms with Crippen LogP contribution in [0.1, 0.15) is 6.92 Å². The number of ether oxygens (including phenoxy) is 1. The monoisotopic (exact) mass is 103 g/mol. The fourth-order valence-corrected chi connectivity index (χ4v) is 0.279. The van der Waals surface area contributed by atoms with Crippen molar-refractivity contribution in [1.82, 2.24) is 0 Å². The molecular weight excluding hydrogens is 96.1 g/mol. The average Bonchev–Trinajstić information content (AvgIpc) is 1.35. The maximum absolute atomic E-state index is 4.66. The normalized spacial score (nSPS) is 7.50. The summed E-state index contributed by atoms with van der Waals surface area (Å²) in [7, 11) is 0. The number of hydrogen-bond acceptors (Lipinski definition) is 2. The van der Waals surface area contributed by atoms with E-state index in [9.17, 15) is 0 Å². The molecule has 0 aromatic carbocycles. The zero-order chi connectivity index (χ0) is 4.99. The van der Waals surface area contributed by atoms with Gasteiger partial charge in [0.1, 0.15) is 0 Å². The van der Waals surface area contributed by atoms with Crippen LogP contribution in [0, 0.1) is 0 Å². The van der Waals surface area contributed by atoms with Gasteiger partial charge in [0.25, 0.3) is 0 Å². The number of rotatable bonds is 2. The first-order chi connectivity index (χ1) is 2.77. The highest BCUT2D eigenvalue weighted by Gasteiger charge is 1.62. The van der Waals surface area contributed by atoms with Crippen LogP contribution < -0.4 is 0 Å². The summed E-state index contributed by atoms with van der Waals surface area (Å²) in [4.78, 5) is 0. The van der Waals surface area contributed by atoms with Gasteiger partial charge in [0, 0.05) is 0 Å². The summed E-state index contributed by atoms with van der Waals surface area (Å²) >= 11 is 4.46. The third-order valence-electron chi connectivity index (χ3n) is 0.305. The van der Waals surface area contributed by atoms with Crippen molar-refractivity contribution in [2.24, 2.45) is 0 Å². The van der Waals surface area contributed by atoms with Crippen LogP contribution in [0.4, 0.5) is 0 Å². The summed E-state index contributed by atoms with van der Waals surface area (Å²) in [6.07, 6.45) is 0. The fraction of sp³-hybridized carbons (Fsp3) is 0.500. The van der Waals surface area contributed by atoms with Crippen LogP contribution in [-0.4, -0.2) is 6.61 Å². The Kier molecular flexibility index (Phi) is 2.85. The predicted octanol–water partition coefficient (Wildman–Crippen LogP) is 1.04. The van der Waals surface area contributed by atoms with Gasteiger partial charge in [0.05, 0.1) is 6.61 Å². The third kappa shape index (κ3) is 3.76. The molecule has 0 unspecified atom stereocenters. The molecule has 0 aliphatic heterocycles. The van der Waals surface area contributed by atoms with E-state index in [1.165, 1.54) is 0 Å². The minimum absolute atomic E-state index is 0.373. The van der Waals surface area contributed by atoms with Gasteiger partial charge in [-0.25, -0.2) is 0 Å². The third-order valence-corrected chi connectivity index (χ3v) is 0.423. The summed E-state index contributed by atoms with van der Waals surface area (Å²) in [5, 5.41) is 0.373. The summed E-state index contributed by atoms with van der Waals surface area (Å²) < 4.78 is 4.66. The molecule has 0 N–H and O–H groups in total. The summed E-state index contributed by atoms with van der Waals surface area (Å²) in [6, 6.07) is 0. The largest absolute Gasteiger partial charge is 0.743 e. The first kappa shape index (κ1) is 5.76. The predicted molar refractivity (Wildman–Crippen MR) is 28.1 cm³/mol. The van der Waals surface area contributed by atoms with Gasteiger partial charge >= 0.3 is 0 Å². The smallest absolute Gasteiger partial charge is 0.0822 e. The van der Waals surface area contributed by atoms with E-state index in [1.807, 2.05) is 6.92 Å². The van der Waals surface area contributed by atoms with Gasteiger partial charge in [-0.05, 0) is 12.0 Å². The first-order valence-corrected chi connectivity index (χ1v) is 2.17. The Morgan fingerprint density at radius 3 is 2.50 bits per heavy atom. The van der Waals surface area contributed by atoms with Crippen LogP contribution >= 0.6 is 0 Å². The molecule has 0 fully saturated rings. The zero-order valence-corrected chi connectivity index (χ0v) is 4.55. The van der Waals surface area contributed by atoms with Gasteiger partial charge in [-0.2, -0.15) is 0 Å². The Hall–Kier alpha value is -0.240. The van der Waals surface area contributed by atoms with Crippen molar-refractivity contribution in [2.45, 2.75) is 6.92 Å². The second-order valence-corrected chi connectivity index (χ2v) is 1.26. The number of hydrogen-bond donors (Lipinski definition) is 0. The first-order valence-electron chi connectivity index (χ1n) is 1.76. The molecule has 0 aromatic rings. The molecule has 0 aliphatic carbocycles. The molecule has 0 radical (unpaired) electrons. The van der Waals surface area contributed by atoms with Crippen molar-refractivity contribution in [3.63, 3.8) is 0 Å². The highest BCUT2D eigenvalue weighted by molar-refractivity contribution is 7.63. The maximum Gasteiger partial charge on any atom is 0.0822 e. The molecule has 0 saturated carbocycles. The molecule has 0 atom stereocenters. The van der Waals surface area contributed by atoms with E-state index in [4.69, 9.17) is 0 Å². The van der Waals surface area contributed by atoms with Crippen molar-refractivity contribution in [3.8, 4) is 0 Å². The molecule has 0 heterocycles. The molecule has 36 valence electrons. The lowest BCUT2D eigenvalue weighted by molar-refractivity contribution is 0.260. The zero-order valence-electron chi connectivity index (χ0n) is 3.73. The molecular formula is C4H7OS-. The van der Waals surface area contributed by atoms with Crippen molar-refractivity contribution in [2.75, 3.05) is 6.61 Å². The molecule has 0 spiro atoms. The molecule has 0 amide bonds. The van der Waals surface area contributed by atoms with Crippen LogP contribution in [0.15, 0.2) is 11.7 Å². The van der Waals surface area contributed by atoms with Crippen molar-refractivity contribution in [1.29, 1.82) is 0 Å². The van der Waals surface area contributed by atoms with E-state index >= 15 is 0 Å². The maximum atomic E-state index is 4.66. The van der Waals surface area contributed by atoms with Gasteiger partial charge < -0.3 is 17.4 Å². The second kappa shape index (κ2) is 2.97. The van der Waals surface area contributed by atoms with E-state index in [0.717, 1.165) is 0 Å². The highest BCUT2D eigenvalue weighted by Crippen LogP contribution is 1.83. The van der Waals surface area contributed by atoms with E-state index < -0.39 is 0 Å². The molecule has 0 aromatic heterocycles. The average molecular weight is 103 g/mol. The van der Waals surface area contributed by atoms with Crippen LogP contribution in [0.5, 0.6) is 0 Å². The van der Waals surface area contributed by atoms with E-state index in [1.54, 1.807) is 0 Å². The fourth-order valence-electron chi connectivity index (χ4n) is 0.161. The standard InChI is InChI=1S/C4H8OS/c1-3-5-4(2)6/h6H,2-3H2,1H3/p-1. The van der Waals surface area contributed by atoms with Crippen molar-refractivity contribution in [3.05, 3.63) is 11.7 Å². The van der Waals surface area contributed by atoms with Crippen LogP contribution in [0.2, 0.25) is 0 Å². The minimum Gasteiger partial charge on any atom is -0.743 e. The van der Waals surface area contributed by atoms with Gasteiger partial charge in [0.2, 0.25) is 0 Å². The Morgan fingerprint density at radius 2 is 2.50 bits per heavy atom. The minimum atomic E-state index is 0.373. The van der Waals surface area contributed by atoms with Crippen LogP contribution in [0.25, 0.3) is 0 Å². The SMILES string of the molecule is C=C([S-])OCC. The van der Waals surface area contributed by atoms with Gasteiger partial charge in [-0.3, -0.25) is 0 Å². The molecule has 1 nitrogen and oxygen atoms in total. The Morgan fingerprint density at radius 1 is 2.00 bits per heavy atom.